The maximum absolute atomic E-state index is 12.6. The van der Waals surface area contributed by atoms with Crippen molar-refractivity contribution in [1.29, 1.82) is 0 Å². The molecular formula is C17H19N3O3. The molecule has 1 fully saturated rings. The van der Waals surface area contributed by atoms with Gasteiger partial charge >= 0.3 is 0 Å². The molecule has 6 nitrogen and oxygen atoms in total. The van der Waals surface area contributed by atoms with Crippen molar-refractivity contribution in [2.45, 2.75) is 13.0 Å². The third kappa shape index (κ3) is 3.55. The summed E-state index contributed by atoms with van der Waals surface area (Å²) in [4.78, 5) is 23.0. The van der Waals surface area contributed by atoms with Gasteiger partial charge in [0.15, 0.2) is 5.82 Å². The standard InChI is InChI=1S/C17H19N3O3/c1-12-15(17(22)20-7-8-23-11-14(21)10-20)9-18-16(19-12)13-5-3-2-4-6-13/h2-6,9,14,21H,7-8,10-11H2,1H3. The molecule has 1 atom stereocenters. The van der Waals surface area contributed by atoms with Crippen molar-refractivity contribution in [3.63, 3.8) is 0 Å². The van der Waals surface area contributed by atoms with Gasteiger partial charge in [-0.15, -0.1) is 0 Å². The molecule has 1 unspecified atom stereocenters. The zero-order valence-corrected chi connectivity index (χ0v) is 13.0. The first-order chi connectivity index (χ1) is 11.1. The fourth-order valence-electron chi connectivity index (χ4n) is 2.55. The van der Waals surface area contributed by atoms with Crippen molar-refractivity contribution in [3.05, 3.63) is 47.8 Å². The zero-order valence-electron chi connectivity index (χ0n) is 13.0. The molecule has 1 saturated heterocycles. The van der Waals surface area contributed by atoms with Crippen LogP contribution in [-0.4, -0.2) is 58.3 Å². The monoisotopic (exact) mass is 313 g/mol. The Labute approximate surface area is 134 Å². The van der Waals surface area contributed by atoms with Gasteiger partial charge in [-0.2, -0.15) is 0 Å². The molecular weight excluding hydrogens is 294 g/mol. The Bertz CT molecular complexity index is 691. The summed E-state index contributed by atoms with van der Waals surface area (Å²) < 4.78 is 5.26. The number of aromatic nitrogens is 2. The maximum Gasteiger partial charge on any atom is 0.257 e. The summed E-state index contributed by atoms with van der Waals surface area (Å²) in [5, 5.41) is 9.77. The summed E-state index contributed by atoms with van der Waals surface area (Å²) in [6, 6.07) is 9.63. The summed E-state index contributed by atoms with van der Waals surface area (Å²) in [6.07, 6.45) is 0.900. The smallest absolute Gasteiger partial charge is 0.257 e. The van der Waals surface area contributed by atoms with Crippen LogP contribution in [0.5, 0.6) is 0 Å². The molecule has 1 amide bonds. The van der Waals surface area contributed by atoms with Crippen molar-refractivity contribution >= 4 is 5.91 Å². The number of aliphatic hydroxyl groups excluding tert-OH is 1. The van der Waals surface area contributed by atoms with Crippen molar-refractivity contribution in [2.24, 2.45) is 0 Å². The molecule has 120 valence electrons. The predicted octanol–water partition coefficient (Wildman–Crippen LogP) is 1.29. The second kappa shape index (κ2) is 6.85. The molecule has 0 aliphatic carbocycles. The predicted molar refractivity (Wildman–Crippen MR) is 84.9 cm³/mol. The number of hydrogen-bond acceptors (Lipinski definition) is 5. The summed E-state index contributed by atoms with van der Waals surface area (Å²) in [6.45, 7) is 3.19. The van der Waals surface area contributed by atoms with E-state index in [-0.39, 0.29) is 19.1 Å². The highest BCUT2D eigenvalue weighted by Gasteiger charge is 2.24. The van der Waals surface area contributed by atoms with E-state index in [2.05, 4.69) is 9.97 Å². The first-order valence-electron chi connectivity index (χ1n) is 7.59. The van der Waals surface area contributed by atoms with Crippen LogP contribution in [0.25, 0.3) is 11.4 Å². The second-order valence-corrected chi connectivity index (χ2v) is 5.54. The van der Waals surface area contributed by atoms with Crippen molar-refractivity contribution in [1.82, 2.24) is 14.9 Å². The molecule has 1 aromatic carbocycles. The van der Waals surface area contributed by atoms with Crippen LogP contribution < -0.4 is 0 Å². The van der Waals surface area contributed by atoms with Crippen LogP contribution in [-0.2, 0) is 4.74 Å². The van der Waals surface area contributed by atoms with Gasteiger partial charge in [0.25, 0.3) is 5.91 Å². The first kappa shape index (κ1) is 15.6. The molecule has 0 radical (unpaired) electrons. The number of aryl methyl sites for hydroxylation is 1. The third-order valence-electron chi connectivity index (χ3n) is 3.78. The van der Waals surface area contributed by atoms with Crippen LogP contribution in [0.15, 0.2) is 36.5 Å². The molecule has 1 N–H and O–H groups in total. The van der Waals surface area contributed by atoms with Gasteiger partial charge in [-0.3, -0.25) is 4.79 Å². The zero-order chi connectivity index (χ0) is 16.2. The highest BCUT2D eigenvalue weighted by Crippen LogP contribution is 2.17. The summed E-state index contributed by atoms with van der Waals surface area (Å²) in [5.41, 5.74) is 2.00. The number of β-amino-alcohol motifs (C(OH)–C–C–N with tert-alkyl or cyclic N) is 1. The molecule has 3 rings (SSSR count). The van der Waals surface area contributed by atoms with Crippen molar-refractivity contribution < 1.29 is 14.6 Å². The van der Waals surface area contributed by atoms with E-state index in [1.54, 1.807) is 18.0 Å². The third-order valence-corrected chi connectivity index (χ3v) is 3.78. The second-order valence-electron chi connectivity index (χ2n) is 5.54. The van der Waals surface area contributed by atoms with E-state index < -0.39 is 6.10 Å². The van der Waals surface area contributed by atoms with Crippen LogP contribution in [0, 0.1) is 6.92 Å². The number of aliphatic hydroxyl groups is 1. The molecule has 2 aromatic rings. The first-order valence-corrected chi connectivity index (χ1v) is 7.59. The number of ether oxygens (including phenoxy) is 1. The molecule has 0 saturated carbocycles. The Balaban J connectivity index is 1.84. The Hall–Kier alpha value is -2.31. The average Bonchev–Trinajstić information content (AvgIpc) is 2.79. The lowest BCUT2D eigenvalue weighted by Crippen LogP contribution is -2.38. The molecule has 0 spiro atoms. The van der Waals surface area contributed by atoms with Crippen LogP contribution in [0.4, 0.5) is 0 Å². The van der Waals surface area contributed by atoms with Crippen LogP contribution in [0.2, 0.25) is 0 Å². The Morgan fingerprint density at radius 1 is 1.35 bits per heavy atom. The molecule has 6 heteroatoms. The summed E-state index contributed by atoms with van der Waals surface area (Å²) >= 11 is 0. The van der Waals surface area contributed by atoms with Crippen LogP contribution >= 0.6 is 0 Å². The van der Waals surface area contributed by atoms with E-state index in [9.17, 15) is 9.90 Å². The number of carbonyl (C=O) groups is 1. The summed E-state index contributed by atoms with van der Waals surface area (Å²) in [5.74, 6) is 0.422. The quantitative estimate of drug-likeness (QED) is 0.904. The molecule has 23 heavy (non-hydrogen) atoms. The van der Waals surface area contributed by atoms with Gasteiger partial charge in [0.2, 0.25) is 0 Å². The topological polar surface area (TPSA) is 75.6 Å². The van der Waals surface area contributed by atoms with E-state index in [1.165, 1.54) is 0 Å². The fraction of sp³-hybridized carbons (Fsp3) is 0.353. The molecule has 1 aliphatic heterocycles. The van der Waals surface area contributed by atoms with E-state index in [0.29, 0.717) is 30.2 Å². The summed E-state index contributed by atoms with van der Waals surface area (Å²) in [7, 11) is 0. The molecule has 0 bridgehead atoms. The Morgan fingerprint density at radius 3 is 2.87 bits per heavy atom. The number of nitrogens with zero attached hydrogens (tertiary/aromatic N) is 3. The van der Waals surface area contributed by atoms with Gasteiger partial charge in [0, 0.05) is 24.8 Å². The molecule has 1 aliphatic rings. The Kier molecular flexibility index (Phi) is 4.64. The van der Waals surface area contributed by atoms with Crippen LogP contribution in [0.1, 0.15) is 16.1 Å². The highest BCUT2D eigenvalue weighted by atomic mass is 16.5. The van der Waals surface area contributed by atoms with Gasteiger partial charge in [0.05, 0.1) is 30.6 Å². The van der Waals surface area contributed by atoms with Gasteiger partial charge in [-0.1, -0.05) is 30.3 Å². The minimum Gasteiger partial charge on any atom is -0.389 e. The van der Waals surface area contributed by atoms with Gasteiger partial charge in [0.1, 0.15) is 0 Å². The SMILES string of the molecule is Cc1nc(-c2ccccc2)ncc1C(=O)N1CCOCC(O)C1. The van der Waals surface area contributed by atoms with Gasteiger partial charge in [-0.25, -0.2) is 9.97 Å². The van der Waals surface area contributed by atoms with Gasteiger partial charge < -0.3 is 14.7 Å². The lowest BCUT2D eigenvalue weighted by Gasteiger charge is -2.21. The lowest BCUT2D eigenvalue weighted by molar-refractivity contribution is 0.0534. The normalized spacial score (nSPS) is 18.5. The minimum absolute atomic E-state index is 0.174. The van der Waals surface area contributed by atoms with E-state index in [4.69, 9.17) is 4.74 Å². The number of carbonyl (C=O) groups excluding carboxylic acids is 1. The van der Waals surface area contributed by atoms with E-state index in [1.807, 2.05) is 30.3 Å². The largest absolute Gasteiger partial charge is 0.389 e. The number of benzene rings is 1. The minimum atomic E-state index is -0.661. The lowest BCUT2D eigenvalue weighted by atomic mass is 10.1. The van der Waals surface area contributed by atoms with E-state index >= 15 is 0 Å². The molecule has 1 aromatic heterocycles. The number of rotatable bonds is 2. The number of hydrogen-bond donors (Lipinski definition) is 1. The van der Waals surface area contributed by atoms with Crippen molar-refractivity contribution in [3.8, 4) is 11.4 Å². The van der Waals surface area contributed by atoms with Crippen LogP contribution in [0.3, 0.4) is 0 Å². The Morgan fingerprint density at radius 2 is 2.13 bits per heavy atom. The fourth-order valence-corrected chi connectivity index (χ4v) is 2.55. The van der Waals surface area contributed by atoms with E-state index in [0.717, 1.165) is 5.56 Å². The highest BCUT2D eigenvalue weighted by molar-refractivity contribution is 5.95. The average molecular weight is 313 g/mol. The maximum atomic E-state index is 12.6. The molecule has 2 heterocycles. The van der Waals surface area contributed by atoms with Gasteiger partial charge in [-0.05, 0) is 6.92 Å². The number of amides is 1. The van der Waals surface area contributed by atoms with Crippen molar-refractivity contribution in [2.75, 3.05) is 26.3 Å².